The van der Waals surface area contributed by atoms with Gasteiger partial charge in [0, 0.05) is 25.9 Å². The molecule has 1 aliphatic heterocycles. The number of nitrogens with zero attached hydrogens (tertiary/aromatic N) is 2. The molecule has 2 atom stereocenters. The lowest BCUT2D eigenvalue weighted by Crippen LogP contribution is -2.48. The predicted molar refractivity (Wildman–Crippen MR) is 80.2 cm³/mol. The first kappa shape index (κ1) is 16.3. The van der Waals surface area contributed by atoms with Gasteiger partial charge < -0.3 is 10.2 Å². The highest BCUT2D eigenvalue weighted by Gasteiger charge is 2.23. The first-order valence-electron chi connectivity index (χ1n) is 7.02. The van der Waals surface area contributed by atoms with Crippen LogP contribution < -0.4 is 5.32 Å². The molecule has 1 rings (SSSR count). The van der Waals surface area contributed by atoms with Crippen molar-refractivity contribution in [2.75, 3.05) is 38.2 Å². The molecule has 0 aromatic heterocycles. The summed E-state index contributed by atoms with van der Waals surface area (Å²) in [4.78, 5) is 6.70. The van der Waals surface area contributed by atoms with E-state index in [1.165, 1.54) is 12.7 Å². The van der Waals surface area contributed by atoms with Crippen LogP contribution in [0, 0.1) is 11.8 Å². The van der Waals surface area contributed by atoms with Gasteiger partial charge in [0.2, 0.25) is 0 Å². The van der Waals surface area contributed by atoms with Crippen LogP contribution in [0.4, 0.5) is 0 Å². The molecule has 0 spiro atoms. The smallest absolute Gasteiger partial charge is 0.193 e. The molecule has 1 heterocycles. The van der Waals surface area contributed by atoms with E-state index in [1.807, 2.05) is 6.92 Å². The van der Waals surface area contributed by atoms with Gasteiger partial charge in [0.25, 0.3) is 0 Å². The van der Waals surface area contributed by atoms with Gasteiger partial charge in [0.05, 0.1) is 12.3 Å². The number of piperidine rings is 1. The molecule has 1 fully saturated rings. The lowest BCUT2D eigenvalue weighted by atomic mass is 9.92. The molecule has 6 heteroatoms. The number of hydrogen-bond acceptors (Lipinski definition) is 3. The number of rotatable bonds is 4. The highest BCUT2D eigenvalue weighted by Crippen LogP contribution is 2.20. The third-order valence-corrected chi connectivity index (χ3v) is 4.15. The number of guanidine groups is 1. The van der Waals surface area contributed by atoms with E-state index in [4.69, 9.17) is 0 Å². The maximum atomic E-state index is 11.1. The highest BCUT2D eigenvalue weighted by atomic mass is 32.2. The predicted octanol–water partition coefficient (Wildman–Crippen LogP) is 0.974. The van der Waals surface area contributed by atoms with E-state index in [2.05, 4.69) is 29.1 Å². The number of sulfone groups is 1. The van der Waals surface area contributed by atoms with Crippen molar-refractivity contribution in [2.24, 2.45) is 16.8 Å². The van der Waals surface area contributed by atoms with Crippen LogP contribution in [0.2, 0.25) is 0 Å². The Morgan fingerprint density at radius 1 is 1.32 bits per heavy atom. The van der Waals surface area contributed by atoms with Crippen LogP contribution in [0.25, 0.3) is 0 Å². The molecule has 0 aromatic carbocycles. The van der Waals surface area contributed by atoms with Crippen LogP contribution in [0.5, 0.6) is 0 Å². The zero-order valence-electron chi connectivity index (χ0n) is 12.5. The standard InChI is InChI=1S/C13H27N3O2S/c1-5-14-13(15-6-7-19(4,17)18)16-9-11(2)8-12(3)10-16/h11-12H,5-10H2,1-4H3,(H,14,15). The van der Waals surface area contributed by atoms with Crippen molar-refractivity contribution in [3.05, 3.63) is 0 Å². The van der Waals surface area contributed by atoms with Gasteiger partial charge in [-0.15, -0.1) is 0 Å². The average Bonchev–Trinajstić information content (AvgIpc) is 2.25. The minimum atomic E-state index is -2.94. The van der Waals surface area contributed by atoms with Gasteiger partial charge in [-0.1, -0.05) is 13.8 Å². The monoisotopic (exact) mass is 289 g/mol. The van der Waals surface area contributed by atoms with Crippen LogP contribution in [0.1, 0.15) is 27.2 Å². The van der Waals surface area contributed by atoms with Crippen LogP contribution >= 0.6 is 0 Å². The van der Waals surface area contributed by atoms with Gasteiger partial charge in [0.15, 0.2) is 5.96 Å². The maximum Gasteiger partial charge on any atom is 0.193 e. The van der Waals surface area contributed by atoms with Crippen molar-refractivity contribution in [3.8, 4) is 0 Å². The molecule has 1 N–H and O–H groups in total. The quantitative estimate of drug-likeness (QED) is 0.619. The molecular weight excluding hydrogens is 262 g/mol. The molecule has 112 valence electrons. The zero-order chi connectivity index (χ0) is 14.5. The Hall–Kier alpha value is -0.780. The fourth-order valence-electron chi connectivity index (χ4n) is 2.58. The average molecular weight is 289 g/mol. The number of likely N-dealkylation sites (tertiary alicyclic amines) is 1. The molecule has 0 aromatic rings. The summed E-state index contributed by atoms with van der Waals surface area (Å²) in [6, 6.07) is 0. The minimum absolute atomic E-state index is 0.112. The third kappa shape index (κ3) is 6.27. The Morgan fingerprint density at radius 2 is 1.89 bits per heavy atom. The molecule has 2 unspecified atom stereocenters. The molecule has 0 saturated carbocycles. The maximum absolute atomic E-state index is 11.1. The Bertz CT molecular complexity index is 396. The van der Waals surface area contributed by atoms with Crippen molar-refractivity contribution in [3.63, 3.8) is 0 Å². The van der Waals surface area contributed by atoms with E-state index < -0.39 is 9.84 Å². The van der Waals surface area contributed by atoms with Gasteiger partial charge >= 0.3 is 0 Å². The molecule has 0 aliphatic carbocycles. The lowest BCUT2D eigenvalue weighted by Gasteiger charge is -2.37. The van der Waals surface area contributed by atoms with E-state index in [9.17, 15) is 8.42 Å². The van der Waals surface area contributed by atoms with Crippen molar-refractivity contribution in [2.45, 2.75) is 27.2 Å². The highest BCUT2D eigenvalue weighted by molar-refractivity contribution is 7.90. The molecular formula is C13H27N3O2S. The molecule has 1 aliphatic rings. The second-order valence-electron chi connectivity index (χ2n) is 5.72. The first-order valence-corrected chi connectivity index (χ1v) is 9.09. The van der Waals surface area contributed by atoms with Gasteiger partial charge in [-0.05, 0) is 25.2 Å². The molecule has 0 bridgehead atoms. The fourth-order valence-corrected chi connectivity index (χ4v) is 3.00. The van der Waals surface area contributed by atoms with Crippen molar-refractivity contribution >= 4 is 15.8 Å². The molecule has 0 amide bonds. The van der Waals surface area contributed by atoms with E-state index >= 15 is 0 Å². The summed E-state index contributed by atoms with van der Waals surface area (Å²) in [5.41, 5.74) is 0. The number of aliphatic imine (C=N–C) groups is 1. The summed E-state index contributed by atoms with van der Waals surface area (Å²) >= 11 is 0. The van der Waals surface area contributed by atoms with E-state index in [0.717, 1.165) is 25.6 Å². The Labute approximate surface area is 117 Å². The Kier molecular flexibility index (Phi) is 6.10. The van der Waals surface area contributed by atoms with Crippen LogP contribution in [0.15, 0.2) is 4.99 Å². The number of hydrogen-bond donors (Lipinski definition) is 1. The van der Waals surface area contributed by atoms with Gasteiger partial charge in [0.1, 0.15) is 9.84 Å². The Morgan fingerprint density at radius 3 is 2.37 bits per heavy atom. The van der Waals surface area contributed by atoms with Crippen LogP contribution in [-0.2, 0) is 9.84 Å². The van der Waals surface area contributed by atoms with Crippen molar-refractivity contribution in [1.82, 2.24) is 10.2 Å². The Balaban J connectivity index is 2.67. The summed E-state index contributed by atoms with van der Waals surface area (Å²) < 4.78 is 22.3. The lowest BCUT2D eigenvalue weighted by molar-refractivity contribution is 0.208. The molecule has 19 heavy (non-hydrogen) atoms. The van der Waals surface area contributed by atoms with Crippen molar-refractivity contribution < 1.29 is 8.42 Å². The number of nitrogens with one attached hydrogen (secondary N) is 1. The summed E-state index contributed by atoms with van der Waals surface area (Å²) in [7, 11) is -2.94. The van der Waals surface area contributed by atoms with E-state index in [1.54, 1.807) is 0 Å². The summed E-state index contributed by atoms with van der Waals surface area (Å²) in [5.74, 6) is 2.27. The van der Waals surface area contributed by atoms with E-state index in [0.29, 0.717) is 18.4 Å². The second-order valence-corrected chi connectivity index (χ2v) is 7.98. The zero-order valence-corrected chi connectivity index (χ0v) is 13.3. The largest absolute Gasteiger partial charge is 0.357 e. The van der Waals surface area contributed by atoms with Gasteiger partial charge in [-0.3, -0.25) is 4.99 Å². The first-order chi connectivity index (χ1) is 8.81. The summed E-state index contributed by atoms with van der Waals surface area (Å²) in [5, 5.41) is 3.26. The van der Waals surface area contributed by atoms with E-state index in [-0.39, 0.29) is 5.75 Å². The topological polar surface area (TPSA) is 61.8 Å². The fraction of sp³-hybridized carbons (Fsp3) is 0.923. The molecule has 0 radical (unpaired) electrons. The van der Waals surface area contributed by atoms with Crippen LogP contribution in [-0.4, -0.2) is 57.5 Å². The van der Waals surface area contributed by atoms with Gasteiger partial charge in [-0.25, -0.2) is 8.42 Å². The minimum Gasteiger partial charge on any atom is -0.357 e. The molecule has 5 nitrogen and oxygen atoms in total. The second kappa shape index (κ2) is 7.12. The summed E-state index contributed by atoms with van der Waals surface area (Å²) in [6.45, 7) is 9.66. The summed E-state index contributed by atoms with van der Waals surface area (Å²) in [6.07, 6.45) is 2.50. The van der Waals surface area contributed by atoms with Crippen molar-refractivity contribution in [1.29, 1.82) is 0 Å². The third-order valence-electron chi connectivity index (χ3n) is 3.23. The normalized spacial score (nSPS) is 25.5. The molecule has 1 saturated heterocycles. The SMILES string of the molecule is CCNC(=NCCS(C)(=O)=O)N1CC(C)CC(C)C1. The van der Waals surface area contributed by atoms with Crippen LogP contribution in [0.3, 0.4) is 0 Å². The van der Waals surface area contributed by atoms with Gasteiger partial charge in [-0.2, -0.15) is 0 Å².